The summed E-state index contributed by atoms with van der Waals surface area (Å²) in [4.78, 5) is 4.16. The number of hydrogen-bond donors (Lipinski definition) is 1. The minimum atomic E-state index is -0.455. The quantitative estimate of drug-likeness (QED) is 0.922. The highest BCUT2D eigenvalue weighted by molar-refractivity contribution is 6.30. The second-order valence-electron chi connectivity index (χ2n) is 4.40. The number of halogens is 2. The molecule has 0 spiro atoms. The van der Waals surface area contributed by atoms with Gasteiger partial charge in [-0.1, -0.05) is 11.6 Å². The summed E-state index contributed by atoms with van der Waals surface area (Å²) in [6.07, 6.45) is 4.04. The Kier molecular flexibility index (Phi) is 3.06. The largest absolute Gasteiger partial charge is 0.439 e. The Morgan fingerprint density at radius 2 is 2.28 bits per heavy atom. The van der Waals surface area contributed by atoms with E-state index in [1.807, 2.05) is 0 Å². The van der Waals surface area contributed by atoms with E-state index in [-0.39, 0.29) is 5.02 Å². The van der Waals surface area contributed by atoms with E-state index in [0.29, 0.717) is 29.8 Å². The Balaban J connectivity index is 1.76. The van der Waals surface area contributed by atoms with E-state index in [1.165, 1.54) is 25.0 Å². The molecule has 3 rings (SSSR count). The zero-order chi connectivity index (χ0) is 12.5. The molecule has 0 atom stereocenters. The van der Waals surface area contributed by atoms with Crippen molar-refractivity contribution in [2.75, 3.05) is 0 Å². The number of hydrogen-bond acceptors (Lipinski definition) is 3. The smallest absolute Gasteiger partial charge is 0.208 e. The lowest BCUT2D eigenvalue weighted by molar-refractivity contribution is 0.476. The van der Waals surface area contributed by atoms with Crippen molar-refractivity contribution in [2.45, 2.75) is 25.4 Å². The Morgan fingerprint density at radius 3 is 3.00 bits per heavy atom. The first-order chi connectivity index (χ1) is 8.72. The number of nitrogens with one attached hydrogen (secondary N) is 1. The molecule has 0 bridgehead atoms. The predicted octanol–water partition coefficient (Wildman–Crippen LogP) is 3.39. The Labute approximate surface area is 109 Å². The fourth-order valence-corrected chi connectivity index (χ4v) is 1.81. The molecule has 0 amide bonds. The van der Waals surface area contributed by atoms with Crippen LogP contribution in [0.2, 0.25) is 5.02 Å². The lowest BCUT2D eigenvalue weighted by Crippen LogP contribution is -2.15. The first-order valence-corrected chi connectivity index (χ1v) is 6.23. The van der Waals surface area contributed by atoms with Gasteiger partial charge in [-0.05, 0) is 31.0 Å². The normalized spacial score (nSPS) is 15.0. The second-order valence-corrected chi connectivity index (χ2v) is 4.81. The van der Waals surface area contributed by atoms with Crippen molar-refractivity contribution in [1.82, 2.24) is 10.3 Å². The molecule has 1 fully saturated rings. The average molecular weight is 267 g/mol. The van der Waals surface area contributed by atoms with Crippen LogP contribution in [0.4, 0.5) is 4.39 Å². The predicted molar refractivity (Wildman–Crippen MR) is 66.8 cm³/mol. The van der Waals surface area contributed by atoms with Crippen LogP contribution in [0, 0.1) is 5.82 Å². The molecular formula is C13H12ClFN2O. The lowest BCUT2D eigenvalue weighted by Gasteiger charge is -1.99. The van der Waals surface area contributed by atoms with Crippen molar-refractivity contribution in [2.24, 2.45) is 0 Å². The van der Waals surface area contributed by atoms with Crippen LogP contribution in [0.3, 0.4) is 0 Å². The molecule has 1 aliphatic carbocycles. The minimum absolute atomic E-state index is 0.105. The van der Waals surface area contributed by atoms with Crippen molar-refractivity contribution >= 4 is 11.6 Å². The third-order valence-corrected chi connectivity index (χ3v) is 3.18. The highest BCUT2D eigenvalue weighted by Gasteiger charge is 2.21. The molecule has 1 heterocycles. The summed E-state index contributed by atoms with van der Waals surface area (Å²) in [5.41, 5.74) is 0.641. The summed E-state index contributed by atoms with van der Waals surface area (Å²) in [6.45, 7) is 0.612. The number of aromatic nitrogens is 1. The van der Waals surface area contributed by atoms with Crippen LogP contribution >= 0.6 is 11.6 Å². The third kappa shape index (κ3) is 2.54. The molecule has 0 saturated heterocycles. The maximum Gasteiger partial charge on any atom is 0.208 e. The molecule has 5 heteroatoms. The first-order valence-electron chi connectivity index (χ1n) is 5.86. The maximum atomic E-state index is 13.3. The Hall–Kier alpha value is -1.39. The summed E-state index contributed by atoms with van der Waals surface area (Å²) < 4.78 is 18.9. The standard InChI is InChI=1S/C13H12ClFN2O/c14-10-4-1-8(5-11(10)15)12-6-17-13(18-12)7-16-9-2-3-9/h1,4-6,9,16H,2-3,7H2. The van der Waals surface area contributed by atoms with Crippen LogP contribution in [0.5, 0.6) is 0 Å². The van der Waals surface area contributed by atoms with E-state index < -0.39 is 5.82 Å². The van der Waals surface area contributed by atoms with Gasteiger partial charge in [0, 0.05) is 11.6 Å². The minimum Gasteiger partial charge on any atom is -0.439 e. The summed E-state index contributed by atoms with van der Waals surface area (Å²) >= 11 is 5.63. The summed E-state index contributed by atoms with van der Waals surface area (Å²) in [7, 11) is 0. The van der Waals surface area contributed by atoms with Gasteiger partial charge in [-0.25, -0.2) is 9.37 Å². The Bertz CT molecular complexity index is 566. The highest BCUT2D eigenvalue weighted by atomic mass is 35.5. The molecule has 0 unspecified atom stereocenters. The van der Waals surface area contributed by atoms with Gasteiger partial charge in [-0.15, -0.1) is 0 Å². The van der Waals surface area contributed by atoms with Crippen LogP contribution < -0.4 is 5.32 Å². The summed E-state index contributed by atoms with van der Waals surface area (Å²) in [5.74, 6) is 0.716. The van der Waals surface area contributed by atoms with Crippen molar-refractivity contribution in [3.05, 3.63) is 41.1 Å². The van der Waals surface area contributed by atoms with Crippen LogP contribution in [-0.2, 0) is 6.54 Å². The van der Waals surface area contributed by atoms with Crippen LogP contribution in [0.1, 0.15) is 18.7 Å². The second kappa shape index (κ2) is 4.71. The number of nitrogens with zero attached hydrogens (tertiary/aromatic N) is 1. The highest BCUT2D eigenvalue weighted by Crippen LogP contribution is 2.25. The summed E-state index contributed by atoms with van der Waals surface area (Å²) in [5, 5.41) is 3.41. The van der Waals surface area contributed by atoms with Gasteiger partial charge in [0.05, 0.1) is 17.8 Å². The molecular weight excluding hydrogens is 255 g/mol. The molecule has 1 N–H and O–H groups in total. The van der Waals surface area contributed by atoms with Gasteiger partial charge >= 0.3 is 0 Å². The molecule has 1 saturated carbocycles. The number of rotatable bonds is 4. The van der Waals surface area contributed by atoms with Gasteiger partial charge in [0.2, 0.25) is 5.89 Å². The number of benzene rings is 1. The van der Waals surface area contributed by atoms with Crippen LogP contribution in [0.25, 0.3) is 11.3 Å². The van der Waals surface area contributed by atoms with Gasteiger partial charge in [0.1, 0.15) is 5.82 Å². The van der Waals surface area contributed by atoms with E-state index in [1.54, 1.807) is 12.3 Å². The molecule has 1 aromatic heterocycles. The molecule has 0 radical (unpaired) electrons. The SMILES string of the molecule is Fc1cc(-c2cnc(CNC3CC3)o2)ccc1Cl. The fourth-order valence-electron chi connectivity index (χ4n) is 1.69. The molecule has 3 nitrogen and oxygen atoms in total. The zero-order valence-corrected chi connectivity index (χ0v) is 10.4. The van der Waals surface area contributed by atoms with Gasteiger partial charge < -0.3 is 9.73 Å². The van der Waals surface area contributed by atoms with Crippen molar-refractivity contribution in [1.29, 1.82) is 0 Å². The Morgan fingerprint density at radius 1 is 1.44 bits per heavy atom. The van der Waals surface area contributed by atoms with Crippen molar-refractivity contribution in [3.8, 4) is 11.3 Å². The first kappa shape index (κ1) is 11.7. The van der Waals surface area contributed by atoms with Gasteiger partial charge in [0.25, 0.3) is 0 Å². The van der Waals surface area contributed by atoms with E-state index in [9.17, 15) is 4.39 Å². The van der Waals surface area contributed by atoms with Gasteiger partial charge in [0.15, 0.2) is 5.76 Å². The molecule has 1 aromatic carbocycles. The van der Waals surface area contributed by atoms with E-state index in [2.05, 4.69) is 10.3 Å². The molecule has 94 valence electrons. The molecule has 18 heavy (non-hydrogen) atoms. The average Bonchev–Trinajstić information content (AvgIpc) is 3.08. The lowest BCUT2D eigenvalue weighted by atomic mass is 10.2. The van der Waals surface area contributed by atoms with Crippen LogP contribution in [0.15, 0.2) is 28.8 Å². The van der Waals surface area contributed by atoms with Gasteiger partial charge in [-0.3, -0.25) is 0 Å². The summed E-state index contributed by atoms with van der Waals surface area (Å²) in [6, 6.07) is 5.18. The monoisotopic (exact) mass is 266 g/mol. The number of oxazole rings is 1. The molecule has 0 aliphatic heterocycles. The third-order valence-electron chi connectivity index (χ3n) is 2.88. The molecule has 2 aromatic rings. The topological polar surface area (TPSA) is 38.1 Å². The zero-order valence-electron chi connectivity index (χ0n) is 9.62. The van der Waals surface area contributed by atoms with Gasteiger partial charge in [-0.2, -0.15) is 0 Å². The molecule has 1 aliphatic rings. The van der Waals surface area contributed by atoms with E-state index in [0.717, 1.165) is 0 Å². The van der Waals surface area contributed by atoms with E-state index >= 15 is 0 Å². The van der Waals surface area contributed by atoms with Crippen LogP contribution in [-0.4, -0.2) is 11.0 Å². The van der Waals surface area contributed by atoms with E-state index in [4.69, 9.17) is 16.0 Å². The maximum absolute atomic E-state index is 13.3. The van der Waals surface area contributed by atoms with Crippen molar-refractivity contribution in [3.63, 3.8) is 0 Å². The fraction of sp³-hybridized carbons (Fsp3) is 0.308. The van der Waals surface area contributed by atoms with Crippen molar-refractivity contribution < 1.29 is 8.81 Å².